The first-order chi connectivity index (χ1) is 9.00. The maximum absolute atomic E-state index is 14.3. The molecule has 0 bridgehead atoms. The van der Waals surface area contributed by atoms with Crippen molar-refractivity contribution in [3.63, 3.8) is 0 Å². The normalized spacial score (nSPS) is 17.5. The topological polar surface area (TPSA) is 29.4 Å². The van der Waals surface area contributed by atoms with Crippen molar-refractivity contribution in [2.75, 3.05) is 0 Å². The fourth-order valence-electron chi connectivity index (χ4n) is 2.77. The highest BCUT2D eigenvalue weighted by Gasteiger charge is 2.38. The zero-order valence-corrected chi connectivity index (χ0v) is 11.9. The van der Waals surface area contributed by atoms with Gasteiger partial charge in [-0.3, -0.25) is 0 Å². The van der Waals surface area contributed by atoms with Crippen molar-refractivity contribution < 1.29 is 9.18 Å². The van der Waals surface area contributed by atoms with E-state index >= 15 is 0 Å². The highest BCUT2D eigenvalue weighted by Crippen LogP contribution is 2.45. The fraction of sp³-hybridized carbons (Fsp3) is 0.533. The van der Waals surface area contributed by atoms with Gasteiger partial charge in [-0.1, -0.05) is 44.4 Å². The van der Waals surface area contributed by atoms with Crippen LogP contribution in [0.1, 0.15) is 56.6 Å². The Labute approximate surface area is 117 Å². The smallest absolute Gasteiger partial charge is 0.211 e. The Balaban J connectivity index is 2.62. The lowest BCUT2D eigenvalue weighted by atomic mass is 9.86. The monoisotopic (exact) mass is 281 g/mol. The molecule has 1 aromatic rings. The molecule has 1 aliphatic carbocycles. The molecule has 0 unspecified atom stereocenters. The average molecular weight is 282 g/mol. The number of isocyanates is 1. The van der Waals surface area contributed by atoms with Crippen molar-refractivity contribution in [3.05, 3.63) is 34.1 Å². The molecule has 1 aliphatic rings. The van der Waals surface area contributed by atoms with E-state index in [1.807, 2.05) is 13.8 Å². The molecule has 0 aliphatic heterocycles. The molecule has 0 radical (unpaired) electrons. The van der Waals surface area contributed by atoms with Gasteiger partial charge in [-0.2, -0.15) is 4.99 Å². The van der Waals surface area contributed by atoms with Crippen molar-refractivity contribution in [2.45, 2.75) is 51.0 Å². The quantitative estimate of drug-likeness (QED) is 0.583. The van der Waals surface area contributed by atoms with Crippen LogP contribution >= 0.6 is 11.6 Å². The molecule has 0 spiro atoms. The first kappa shape index (κ1) is 14.2. The van der Waals surface area contributed by atoms with Crippen LogP contribution in [0.5, 0.6) is 0 Å². The maximum Gasteiger partial charge on any atom is 0.235 e. The lowest BCUT2D eigenvalue weighted by Crippen LogP contribution is -2.21. The molecule has 19 heavy (non-hydrogen) atoms. The van der Waals surface area contributed by atoms with Gasteiger partial charge in [0.2, 0.25) is 6.08 Å². The van der Waals surface area contributed by atoms with Crippen LogP contribution < -0.4 is 0 Å². The summed E-state index contributed by atoms with van der Waals surface area (Å²) < 4.78 is 14.3. The summed E-state index contributed by atoms with van der Waals surface area (Å²) in [5.74, 6) is -0.206. The fourth-order valence-corrected chi connectivity index (χ4v) is 3.00. The molecule has 0 amide bonds. The van der Waals surface area contributed by atoms with Crippen LogP contribution in [0.2, 0.25) is 5.02 Å². The summed E-state index contributed by atoms with van der Waals surface area (Å²) in [6, 6.07) is 3.45. The second kappa shape index (κ2) is 5.44. The standard InChI is InChI=1S/C15H17ClFNO/c1-10(2)11-7-12(14(17)13(16)8-11)15(18-9-19)5-3-4-6-15/h7-8,10H,3-6H2,1-2H3. The lowest BCUT2D eigenvalue weighted by Gasteiger charge is -2.25. The largest absolute Gasteiger partial charge is 0.235 e. The SMILES string of the molecule is CC(C)c1cc(Cl)c(F)c(C2(N=C=O)CCCC2)c1. The molecule has 2 rings (SSSR count). The third-order valence-corrected chi connectivity index (χ3v) is 4.18. The van der Waals surface area contributed by atoms with E-state index in [1.165, 1.54) is 0 Å². The molecule has 2 nitrogen and oxygen atoms in total. The van der Waals surface area contributed by atoms with Crippen LogP contribution in [-0.2, 0) is 10.3 Å². The summed E-state index contributed by atoms with van der Waals surface area (Å²) in [7, 11) is 0. The minimum Gasteiger partial charge on any atom is -0.211 e. The third-order valence-electron chi connectivity index (χ3n) is 3.91. The molecule has 0 saturated heterocycles. The van der Waals surface area contributed by atoms with Crippen molar-refractivity contribution in [2.24, 2.45) is 4.99 Å². The zero-order valence-electron chi connectivity index (χ0n) is 11.2. The van der Waals surface area contributed by atoms with Gasteiger partial charge in [0.1, 0.15) is 11.4 Å². The summed E-state index contributed by atoms with van der Waals surface area (Å²) in [5.41, 5.74) is 0.652. The van der Waals surface area contributed by atoms with Crippen LogP contribution in [0.4, 0.5) is 4.39 Å². The minimum atomic E-state index is -0.764. The van der Waals surface area contributed by atoms with Gasteiger partial charge >= 0.3 is 0 Å². The van der Waals surface area contributed by atoms with E-state index < -0.39 is 11.4 Å². The van der Waals surface area contributed by atoms with E-state index in [-0.39, 0.29) is 10.9 Å². The molecule has 0 atom stereocenters. The lowest BCUT2D eigenvalue weighted by molar-refractivity contribution is 0.430. The Morgan fingerprint density at radius 3 is 2.53 bits per heavy atom. The van der Waals surface area contributed by atoms with Crippen molar-refractivity contribution in [1.82, 2.24) is 0 Å². The number of halogens is 2. The molecule has 1 fully saturated rings. The molecule has 1 aromatic carbocycles. The van der Waals surface area contributed by atoms with Crippen LogP contribution in [0, 0.1) is 5.82 Å². The van der Waals surface area contributed by atoms with E-state index in [4.69, 9.17) is 11.6 Å². The van der Waals surface area contributed by atoms with Crippen molar-refractivity contribution in [1.29, 1.82) is 0 Å². The first-order valence-electron chi connectivity index (χ1n) is 6.58. The molecule has 102 valence electrons. The Hall–Kier alpha value is -1.18. The van der Waals surface area contributed by atoms with Gasteiger partial charge in [0.25, 0.3) is 0 Å². The number of rotatable bonds is 3. The van der Waals surface area contributed by atoms with Gasteiger partial charge < -0.3 is 0 Å². The Bertz CT molecular complexity index is 529. The van der Waals surface area contributed by atoms with Gasteiger partial charge in [-0.15, -0.1) is 0 Å². The Morgan fingerprint density at radius 2 is 2.00 bits per heavy atom. The highest BCUT2D eigenvalue weighted by molar-refractivity contribution is 6.30. The number of benzene rings is 1. The van der Waals surface area contributed by atoms with Gasteiger partial charge in [-0.25, -0.2) is 9.18 Å². The van der Waals surface area contributed by atoms with Gasteiger partial charge in [-0.05, 0) is 30.4 Å². The van der Waals surface area contributed by atoms with Crippen LogP contribution in [0.15, 0.2) is 17.1 Å². The summed E-state index contributed by atoms with van der Waals surface area (Å²) in [5, 5.41) is 0.105. The van der Waals surface area contributed by atoms with E-state index in [1.54, 1.807) is 18.2 Å². The van der Waals surface area contributed by atoms with Crippen LogP contribution in [0.25, 0.3) is 0 Å². The molecular weight excluding hydrogens is 265 g/mol. The maximum atomic E-state index is 14.3. The van der Waals surface area contributed by atoms with Gasteiger partial charge in [0, 0.05) is 5.56 Å². The molecule has 0 N–H and O–H groups in total. The summed E-state index contributed by atoms with van der Waals surface area (Å²) in [6.45, 7) is 4.05. The number of hydrogen-bond acceptors (Lipinski definition) is 2. The van der Waals surface area contributed by atoms with E-state index in [2.05, 4.69) is 4.99 Å². The Kier molecular flexibility index (Phi) is 4.07. The van der Waals surface area contributed by atoms with Gasteiger partial charge in [0.05, 0.1) is 5.02 Å². The molecular formula is C15H17ClFNO. The molecule has 4 heteroatoms. The van der Waals surface area contributed by atoms with E-state index in [0.29, 0.717) is 18.4 Å². The number of hydrogen-bond donors (Lipinski definition) is 0. The Morgan fingerprint density at radius 1 is 1.37 bits per heavy atom. The predicted octanol–water partition coefficient (Wildman–Crippen LogP) is 4.71. The van der Waals surface area contributed by atoms with Crippen LogP contribution in [0.3, 0.4) is 0 Å². The van der Waals surface area contributed by atoms with E-state index in [9.17, 15) is 9.18 Å². The molecule has 0 heterocycles. The molecule has 0 aromatic heterocycles. The average Bonchev–Trinajstić information content (AvgIpc) is 2.82. The molecule has 1 saturated carbocycles. The predicted molar refractivity (Wildman–Crippen MR) is 73.8 cm³/mol. The van der Waals surface area contributed by atoms with Crippen molar-refractivity contribution >= 4 is 17.7 Å². The number of aliphatic imine (C=N–C) groups is 1. The van der Waals surface area contributed by atoms with E-state index in [0.717, 1.165) is 18.4 Å². The summed E-state index contributed by atoms with van der Waals surface area (Å²) >= 11 is 5.99. The summed E-state index contributed by atoms with van der Waals surface area (Å²) in [6.07, 6.45) is 4.84. The van der Waals surface area contributed by atoms with Gasteiger partial charge in [0.15, 0.2) is 0 Å². The van der Waals surface area contributed by atoms with Crippen molar-refractivity contribution in [3.8, 4) is 0 Å². The second-order valence-corrected chi connectivity index (χ2v) is 5.87. The second-order valence-electron chi connectivity index (χ2n) is 5.46. The first-order valence-corrected chi connectivity index (χ1v) is 6.96. The van der Waals surface area contributed by atoms with Crippen LogP contribution in [-0.4, -0.2) is 6.08 Å². The third kappa shape index (κ3) is 2.58. The highest BCUT2D eigenvalue weighted by atomic mass is 35.5. The zero-order chi connectivity index (χ0) is 14.0. The number of nitrogens with zero attached hydrogens (tertiary/aromatic N) is 1. The minimum absolute atomic E-state index is 0.105. The summed E-state index contributed by atoms with van der Waals surface area (Å²) in [4.78, 5) is 14.6. The number of carbonyl (C=O) groups excluding carboxylic acids is 1.